The molecule has 0 aliphatic rings. The lowest BCUT2D eigenvalue weighted by Crippen LogP contribution is -2.22. The van der Waals surface area contributed by atoms with Gasteiger partial charge in [0.1, 0.15) is 16.5 Å². The lowest BCUT2D eigenvalue weighted by Gasteiger charge is -2.03. The summed E-state index contributed by atoms with van der Waals surface area (Å²) in [5.41, 5.74) is 1.75. The molecule has 0 saturated carbocycles. The summed E-state index contributed by atoms with van der Waals surface area (Å²) in [6, 6.07) is 13.3. The number of nitrogens with one attached hydrogen (secondary N) is 1. The maximum atomic E-state index is 12.0. The monoisotopic (exact) mass is 326 g/mol. The number of rotatable bonds is 4. The van der Waals surface area contributed by atoms with E-state index in [1.165, 1.54) is 23.5 Å². The molecule has 0 fully saturated rings. The lowest BCUT2D eigenvalue weighted by molar-refractivity contribution is 0.0951. The molecule has 1 amide bonds. The van der Waals surface area contributed by atoms with Gasteiger partial charge in [-0.05, 0) is 24.3 Å². The number of thiazole rings is 1. The molecule has 3 aromatic rings. The molecule has 5 nitrogen and oxygen atoms in total. The van der Waals surface area contributed by atoms with Crippen LogP contribution in [0.15, 0.2) is 53.9 Å². The van der Waals surface area contributed by atoms with E-state index in [1.807, 2.05) is 18.2 Å². The smallest absolute Gasteiger partial charge is 0.251 e. The molecule has 0 aliphatic carbocycles. The average molecular weight is 326 g/mol. The van der Waals surface area contributed by atoms with Gasteiger partial charge in [0.15, 0.2) is 0 Å². The van der Waals surface area contributed by atoms with Crippen LogP contribution in [0.25, 0.3) is 11.3 Å². The van der Waals surface area contributed by atoms with Gasteiger partial charge >= 0.3 is 0 Å². The second kappa shape index (κ2) is 6.50. The summed E-state index contributed by atoms with van der Waals surface area (Å²) in [6.07, 6.45) is 0. The third-order valence-corrected chi connectivity index (χ3v) is 4.09. The normalized spacial score (nSPS) is 10.4. The molecule has 2 aromatic carbocycles. The average Bonchev–Trinajstić information content (AvgIpc) is 3.02. The van der Waals surface area contributed by atoms with E-state index in [9.17, 15) is 15.0 Å². The summed E-state index contributed by atoms with van der Waals surface area (Å²) < 4.78 is 0. The Balaban J connectivity index is 1.69. The van der Waals surface area contributed by atoms with Gasteiger partial charge in [-0.3, -0.25) is 4.79 Å². The van der Waals surface area contributed by atoms with Crippen molar-refractivity contribution in [1.29, 1.82) is 0 Å². The highest BCUT2D eigenvalue weighted by molar-refractivity contribution is 7.09. The van der Waals surface area contributed by atoms with E-state index < -0.39 is 0 Å². The fourth-order valence-electron chi connectivity index (χ4n) is 2.10. The van der Waals surface area contributed by atoms with E-state index in [2.05, 4.69) is 10.3 Å². The molecule has 0 bridgehead atoms. The molecule has 0 atom stereocenters. The van der Waals surface area contributed by atoms with Crippen molar-refractivity contribution in [2.24, 2.45) is 0 Å². The highest BCUT2D eigenvalue weighted by atomic mass is 32.1. The number of benzene rings is 2. The van der Waals surface area contributed by atoms with Crippen LogP contribution in [-0.4, -0.2) is 21.1 Å². The van der Waals surface area contributed by atoms with E-state index in [-0.39, 0.29) is 17.4 Å². The standard InChI is InChI=1S/C17H14N2O3S/c20-12-6-7-13(15(21)8-12)14-10-23-16(19-14)9-18-17(22)11-4-2-1-3-5-11/h1-8,10,20-21H,9H2,(H,18,22). The Hall–Kier alpha value is -2.86. The third kappa shape index (κ3) is 3.49. The number of carbonyl (C=O) groups excluding carboxylic acids is 1. The number of nitrogens with zero attached hydrogens (tertiary/aromatic N) is 1. The van der Waals surface area contributed by atoms with E-state index >= 15 is 0 Å². The van der Waals surface area contributed by atoms with Crippen LogP contribution in [0.1, 0.15) is 15.4 Å². The lowest BCUT2D eigenvalue weighted by atomic mass is 10.1. The SMILES string of the molecule is O=C(NCc1nc(-c2ccc(O)cc2O)cs1)c1ccccc1. The molecular weight excluding hydrogens is 312 g/mol. The van der Waals surface area contributed by atoms with Crippen molar-refractivity contribution in [1.82, 2.24) is 10.3 Å². The first-order chi connectivity index (χ1) is 11.1. The van der Waals surface area contributed by atoms with Gasteiger partial charge in [0.2, 0.25) is 0 Å². The van der Waals surface area contributed by atoms with Crippen LogP contribution in [0, 0.1) is 0 Å². The Bertz CT molecular complexity index is 831. The minimum atomic E-state index is -0.158. The Labute approximate surface area is 136 Å². The van der Waals surface area contributed by atoms with Crippen LogP contribution < -0.4 is 5.32 Å². The first-order valence-corrected chi connectivity index (χ1v) is 7.81. The van der Waals surface area contributed by atoms with Crippen molar-refractivity contribution in [3.8, 4) is 22.8 Å². The van der Waals surface area contributed by atoms with Crippen molar-refractivity contribution in [2.45, 2.75) is 6.54 Å². The molecule has 0 aliphatic heterocycles. The summed E-state index contributed by atoms with van der Waals surface area (Å²) in [5.74, 6) is -0.193. The van der Waals surface area contributed by atoms with Crippen molar-refractivity contribution < 1.29 is 15.0 Å². The first-order valence-electron chi connectivity index (χ1n) is 6.93. The van der Waals surface area contributed by atoms with Gasteiger partial charge in [-0.25, -0.2) is 4.98 Å². The van der Waals surface area contributed by atoms with Gasteiger partial charge in [-0.2, -0.15) is 0 Å². The Morgan fingerprint density at radius 3 is 2.65 bits per heavy atom. The Morgan fingerprint density at radius 1 is 1.13 bits per heavy atom. The minimum absolute atomic E-state index is 0.00294. The number of amides is 1. The predicted molar refractivity (Wildman–Crippen MR) is 88.5 cm³/mol. The molecule has 3 N–H and O–H groups in total. The number of hydrogen-bond donors (Lipinski definition) is 3. The summed E-state index contributed by atoms with van der Waals surface area (Å²) in [7, 11) is 0. The van der Waals surface area contributed by atoms with Gasteiger partial charge in [-0.15, -0.1) is 11.3 Å². The van der Waals surface area contributed by atoms with Crippen LogP contribution in [0.4, 0.5) is 0 Å². The molecule has 1 aromatic heterocycles. The van der Waals surface area contributed by atoms with E-state index in [4.69, 9.17) is 0 Å². The quantitative estimate of drug-likeness (QED) is 0.688. The summed E-state index contributed by atoms with van der Waals surface area (Å²) in [6.45, 7) is 0.317. The third-order valence-electron chi connectivity index (χ3n) is 3.25. The summed E-state index contributed by atoms with van der Waals surface area (Å²) in [4.78, 5) is 16.4. The number of aromatic nitrogens is 1. The number of aromatic hydroxyl groups is 2. The Morgan fingerprint density at radius 2 is 1.91 bits per heavy atom. The van der Waals surface area contributed by atoms with Crippen molar-refractivity contribution in [2.75, 3.05) is 0 Å². The highest BCUT2D eigenvalue weighted by Gasteiger charge is 2.11. The zero-order valence-electron chi connectivity index (χ0n) is 12.1. The van der Waals surface area contributed by atoms with Gasteiger partial charge < -0.3 is 15.5 Å². The molecule has 0 radical (unpaired) electrons. The molecule has 116 valence electrons. The zero-order chi connectivity index (χ0) is 16.2. The molecule has 0 spiro atoms. The van der Waals surface area contributed by atoms with Crippen molar-refractivity contribution in [3.05, 3.63) is 64.5 Å². The van der Waals surface area contributed by atoms with E-state index in [0.29, 0.717) is 23.4 Å². The molecular formula is C17H14N2O3S. The second-order valence-corrected chi connectivity index (χ2v) is 5.82. The topological polar surface area (TPSA) is 82.5 Å². The molecule has 0 unspecified atom stereocenters. The largest absolute Gasteiger partial charge is 0.508 e. The van der Waals surface area contributed by atoms with Gasteiger partial charge in [0, 0.05) is 22.6 Å². The number of phenols is 2. The van der Waals surface area contributed by atoms with Crippen LogP contribution in [-0.2, 0) is 6.54 Å². The number of phenolic OH excluding ortho intramolecular Hbond substituents is 2. The predicted octanol–water partition coefficient (Wildman–Crippen LogP) is 3.15. The van der Waals surface area contributed by atoms with Crippen LogP contribution in [0.2, 0.25) is 0 Å². The van der Waals surface area contributed by atoms with E-state index in [0.717, 1.165) is 5.01 Å². The molecule has 6 heteroatoms. The van der Waals surface area contributed by atoms with Gasteiger partial charge in [0.05, 0.1) is 12.2 Å². The fraction of sp³-hybridized carbons (Fsp3) is 0.0588. The summed E-state index contributed by atoms with van der Waals surface area (Å²) >= 11 is 1.40. The maximum Gasteiger partial charge on any atom is 0.251 e. The molecule has 0 saturated heterocycles. The maximum absolute atomic E-state index is 12.0. The van der Waals surface area contributed by atoms with Gasteiger partial charge in [-0.1, -0.05) is 18.2 Å². The fourth-order valence-corrected chi connectivity index (χ4v) is 2.83. The van der Waals surface area contributed by atoms with Crippen molar-refractivity contribution >= 4 is 17.2 Å². The number of hydrogen-bond acceptors (Lipinski definition) is 5. The second-order valence-electron chi connectivity index (χ2n) is 4.88. The molecule has 3 rings (SSSR count). The van der Waals surface area contributed by atoms with Gasteiger partial charge in [0.25, 0.3) is 5.91 Å². The molecule has 23 heavy (non-hydrogen) atoms. The number of carbonyl (C=O) groups is 1. The zero-order valence-corrected chi connectivity index (χ0v) is 12.9. The van der Waals surface area contributed by atoms with E-state index in [1.54, 1.807) is 23.6 Å². The Kier molecular flexibility index (Phi) is 4.25. The van der Waals surface area contributed by atoms with Crippen molar-refractivity contribution in [3.63, 3.8) is 0 Å². The summed E-state index contributed by atoms with van der Waals surface area (Å²) in [5, 5.41) is 24.5. The first kappa shape index (κ1) is 15.1. The highest BCUT2D eigenvalue weighted by Crippen LogP contribution is 2.32. The molecule has 1 heterocycles. The van der Waals surface area contributed by atoms with Crippen LogP contribution >= 0.6 is 11.3 Å². The minimum Gasteiger partial charge on any atom is -0.508 e. The van der Waals surface area contributed by atoms with Crippen LogP contribution in [0.3, 0.4) is 0 Å². The van der Waals surface area contributed by atoms with Crippen LogP contribution in [0.5, 0.6) is 11.5 Å².